The van der Waals surface area contributed by atoms with Gasteiger partial charge in [0.2, 0.25) is 0 Å². The van der Waals surface area contributed by atoms with Crippen LogP contribution in [0.15, 0.2) is 41.5 Å². The Morgan fingerprint density at radius 3 is 2.29 bits per heavy atom. The number of H-pyrrole nitrogens is 1. The first kappa shape index (κ1) is 16.2. The SMILES string of the molecule is CN(C)c1ccc(-c2cncc3c(=O)[nH]c(C(C)(C)C)nc23)cc1. The highest BCUT2D eigenvalue weighted by molar-refractivity contribution is 5.92. The Morgan fingerprint density at radius 1 is 1.04 bits per heavy atom. The molecule has 0 aliphatic carbocycles. The minimum Gasteiger partial charge on any atom is -0.378 e. The number of anilines is 1. The first-order valence-electron chi connectivity index (χ1n) is 7.93. The van der Waals surface area contributed by atoms with E-state index in [9.17, 15) is 4.79 Å². The molecule has 3 aromatic rings. The fourth-order valence-electron chi connectivity index (χ4n) is 2.56. The molecule has 1 aromatic carbocycles. The Bertz CT molecular complexity index is 934. The molecule has 0 aliphatic heterocycles. The highest BCUT2D eigenvalue weighted by Gasteiger charge is 2.19. The van der Waals surface area contributed by atoms with Crippen LogP contribution >= 0.6 is 0 Å². The van der Waals surface area contributed by atoms with Gasteiger partial charge in [0.15, 0.2) is 0 Å². The molecule has 5 nitrogen and oxygen atoms in total. The van der Waals surface area contributed by atoms with Crippen molar-refractivity contribution in [1.29, 1.82) is 0 Å². The van der Waals surface area contributed by atoms with Gasteiger partial charge in [0.05, 0.1) is 10.9 Å². The van der Waals surface area contributed by atoms with Crippen molar-refractivity contribution in [2.75, 3.05) is 19.0 Å². The molecule has 1 N–H and O–H groups in total. The van der Waals surface area contributed by atoms with Crippen LogP contribution in [0.25, 0.3) is 22.0 Å². The molecule has 0 unspecified atom stereocenters. The molecule has 0 spiro atoms. The van der Waals surface area contributed by atoms with E-state index in [4.69, 9.17) is 4.98 Å². The quantitative estimate of drug-likeness (QED) is 0.786. The Hall–Kier alpha value is -2.69. The van der Waals surface area contributed by atoms with Gasteiger partial charge < -0.3 is 9.88 Å². The number of hydrogen-bond donors (Lipinski definition) is 1. The molecule has 0 radical (unpaired) electrons. The monoisotopic (exact) mass is 322 g/mol. The zero-order valence-electron chi connectivity index (χ0n) is 14.7. The van der Waals surface area contributed by atoms with Crippen molar-refractivity contribution >= 4 is 16.6 Å². The van der Waals surface area contributed by atoms with E-state index in [1.54, 1.807) is 12.4 Å². The van der Waals surface area contributed by atoms with E-state index in [1.165, 1.54) is 0 Å². The Kier molecular flexibility index (Phi) is 3.87. The third-order valence-corrected chi connectivity index (χ3v) is 4.02. The largest absolute Gasteiger partial charge is 0.378 e. The van der Waals surface area contributed by atoms with Crippen LogP contribution in [-0.4, -0.2) is 29.0 Å². The number of aromatic amines is 1. The summed E-state index contributed by atoms with van der Waals surface area (Å²) in [5, 5.41) is 0.511. The molecule has 0 atom stereocenters. The van der Waals surface area contributed by atoms with Crippen LogP contribution in [0.1, 0.15) is 26.6 Å². The van der Waals surface area contributed by atoms with Gasteiger partial charge in [-0.05, 0) is 17.7 Å². The standard InChI is InChI=1S/C19H22N4O/c1-19(2,3)18-21-16-14(10-20-11-15(16)17(24)22-18)12-6-8-13(9-7-12)23(4)5/h6-11H,1-5H3,(H,21,22,24). The van der Waals surface area contributed by atoms with E-state index in [-0.39, 0.29) is 11.0 Å². The second kappa shape index (κ2) is 5.74. The second-order valence-electron chi connectivity index (χ2n) is 7.19. The number of pyridine rings is 1. The van der Waals surface area contributed by atoms with Gasteiger partial charge in [-0.2, -0.15) is 0 Å². The molecule has 2 heterocycles. The molecular formula is C19H22N4O. The lowest BCUT2D eigenvalue weighted by atomic mass is 9.95. The molecule has 0 saturated carbocycles. The van der Waals surface area contributed by atoms with Crippen LogP contribution in [0, 0.1) is 0 Å². The highest BCUT2D eigenvalue weighted by Crippen LogP contribution is 2.28. The third-order valence-electron chi connectivity index (χ3n) is 4.02. The summed E-state index contributed by atoms with van der Waals surface area (Å²) in [7, 11) is 4.01. The Labute approximate surface area is 141 Å². The molecule has 24 heavy (non-hydrogen) atoms. The van der Waals surface area contributed by atoms with Crippen LogP contribution in [0.3, 0.4) is 0 Å². The Morgan fingerprint density at radius 2 is 1.71 bits per heavy atom. The van der Waals surface area contributed by atoms with Crippen LogP contribution < -0.4 is 10.5 Å². The minimum absolute atomic E-state index is 0.149. The van der Waals surface area contributed by atoms with Crippen LogP contribution in [0.5, 0.6) is 0 Å². The van der Waals surface area contributed by atoms with Gasteiger partial charge in [0.1, 0.15) is 5.82 Å². The normalized spacial score (nSPS) is 11.7. The van der Waals surface area contributed by atoms with Gasteiger partial charge in [-0.1, -0.05) is 32.9 Å². The maximum Gasteiger partial charge on any atom is 0.260 e. The number of hydrogen-bond acceptors (Lipinski definition) is 4. The van der Waals surface area contributed by atoms with E-state index in [0.29, 0.717) is 16.7 Å². The zero-order valence-corrected chi connectivity index (χ0v) is 14.7. The summed E-state index contributed by atoms with van der Waals surface area (Å²) in [5.41, 5.74) is 3.29. The molecule has 3 rings (SSSR count). The van der Waals surface area contributed by atoms with Crippen molar-refractivity contribution in [3.8, 4) is 11.1 Å². The number of rotatable bonds is 2. The molecule has 5 heteroatoms. The van der Waals surface area contributed by atoms with Crippen molar-refractivity contribution in [1.82, 2.24) is 15.0 Å². The second-order valence-corrected chi connectivity index (χ2v) is 7.19. The average Bonchev–Trinajstić information content (AvgIpc) is 2.53. The highest BCUT2D eigenvalue weighted by atomic mass is 16.1. The smallest absolute Gasteiger partial charge is 0.260 e. The summed E-state index contributed by atoms with van der Waals surface area (Å²) in [5.74, 6) is 0.678. The van der Waals surface area contributed by atoms with Gasteiger partial charge in [-0.3, -0.25) is 9.78 Å². The fraction of sp³-hybridized carbons (Fsp3) is 0.316. The zero-order chi connectivity index (χ0) is 17.5. The Balaban J connectivity index is 2.24. The van der Waals surface area contributed by atoms with Gasteiger partial charge in [-0.25, -0.2) is 4.98 Å². The van der Waals surface area contributed by atoms with Crippen molar-refractivity contribution < 1.29 is 0 Å². The maximum absolute atomic E-state index is 12.4. The van der Waals surface area contributed by atoms with Crippen molar-refractivity contribution in [2.24, 2.45) is 0 Å². The molecule has 0 saturated heterocycles. The average molecular weight is 322 g/mol. The van der Waals surface area contributed by atoms with E-state index >= 15 is 0 Å². The summed E-state index contributed by atoms with van der Waals surface area (Å²) >= 11 is 0. The summed E-state index contributed by atoms with van der Waals surface area (Å²) < 4.78 is 0. The minimum atomic E-state index is -0.233. The van der Waals surface area contributed by atoms with E-state index in [1.807, 2.05) is 64.0 Å². The van der Waals surface area contributed by atoms with Crippen molar-refractivity contribution in [3.05, 3.63) is 52.8 Å². The lowest BCUT2D eigenvalue weighted by Gasteiger charge is -2.18. The number of nitrogens with one attached hydrogen (secondary N) is 1. The molecule has 0 fully saturated rings. The number of benzene rings is 1. The number of fused-ring (bicyclic) bond motifs is 1. The van der Waals surface area contributed by atoms with Gasteiger partial charge in [-0.15, -0.1) is 0 Å². The lowest BCUT2D eigenvalue weighted by Crippen LogP contribution is -2.22. The predicted octanol–water partition coefficient (Wildman–Crippen LogP) is 3.35. The number of aromatic nitrogens is 3. The lowest BCUT2D eigenvalue weighted by molar-refractivity contribution is 0.546. The van der Waals surface area contributed by atoms with Crippen molar-refractivity contribution in [3.63, 3.8) is 0 Å². The molecule has 2 aromatic heterocycles. The topological polar surface area (TPSA) is 61.9 Å². The molecule has 124 valence electrons. The van der Waals surface area contributed by atoms with E-state index in [0.717, 1.165) is 16.8 Å². The summed E-state index contributed by atoms with van der Waals surface area (Å²) in [6.45, 7) is 6.09. The van der Waals surface area contributed by atoms with Crippen LogP contribution in [-0.2, 0) is 5.41 Å². The number of nitrogens with zero attached hydrogens (tertiary/aromatic N) is 3. The maximum atomic E-state index is 12.4. The van der Waals surface area contributed by atoms with E-state index < -0.39 is 0 Å². The summed E-state index contributed by atoms with van der Waals surface area (Å²) in [4.78, 5) is 26.3. The van der Waals surface area contributed by atoms with Gasteiger partial charge in [0.25, 0.3) is 5.56 Å². The molecule has 0 aliphatic rings. The fourth-order valence-corrected chi connectivity index (χ4v) is 2.56. The van der Waals surface area contributed by atoms with Crippen molar-refractivity contribution in [2.45, 2.75) is 26.2 Å². The molecule has 0 amide bonds. The first-order valence-corrected chi connectivity index (χ1v) is 7.93. The summed E-state index contributed by atoms with van der Waals surface area (Å²) in [6.07, 6.45) is 3.34. The molecular weight excluding hydrogens is 300 g/mol. The third kappa shape index (κ3) is 2.89. The van der Waals surface area contributed by atoms with Gasteiger partial charge >= 0.3 is 0 Å². The predicted molar refractivity (Wildman–Crippen MR) is 98.6 cm³/mol. The molecule has 0 bridgehead atoms. The van der Waals surface area contributed by atoms with Crippen LogP contribution in [0.2, 0.25) is 0 Å². The van der Waals surface area contributed by atoms with E-state index in [2.05, 4.69) is 9.97 Å². The van der Waals surface area contributed by atoms with Crippen LogP contribution in [0.4, 0.5) is 5.69 Å². The van der Waals surface area contributed by atoms with Gasteiger partial charge in [0, 0.05) is 43.2 Å². The first-order chi connectivity index (χ1) is 11.3. The summed E-state index contributed by atoms with van der Waals surface area (Å²) in [6, 6.07) is 8.16.